The van der Waals surface area contributed by atoms with Crippen molar-refractivity contribution in [3.8, 4) is 0 Å². The minimum Gasteiger partial charge on any atom is -0.490 e. The molecule has 2 fully saturated rings. The maximum absolute atomic E-state index is 14.9. The minimum atomic E-state index is -1.47. The van der Waals surface area contributed by atoms with E-state index in [4.69, 9.17) is 4.74 Å². The van der Waals surface area contributed by atoms with Crippen LogP contribution in [0.15, 0.2) is 65.5 Å². The zero-order valence-corrected chi connectivity index (χ0v) is 24.4. The molecule has 6 heteroatoms. The van der Waals surface area contributed by atoms with Crippen LogP contribution in [0.3, 0.4) is 0 Å². The number of carbonyl (C=O) groups excluding carboxylic acids is 3. The maximum atomic E-state index is 14.9. The van der Waals surface area contributed by atoms with Crippen LogP contribution in [0.2, 0.25) is 0 Å². The molecule has 1 saturated heterocycles. The smallest absolute Gasteiger partial charge is 0.200 e. The van der Waals surface area contributed by atoms with Crippen molar-refractivity contribution in [2.24, 2.45) is 22.2 Å². The fourth-order valence-electron chi connectivity index (χ4n) is 6.60. The molecule has 4 atom stereocenters. The molecule has 1 heterocycles. The first-order valence-electron chi connectivity index (χ1n) is 13.8. The molecule has 4 unspecified atom stereocenters. The van der Waals surface area contributed by atoms with E-state index in [2.05, 4.69) is 0 Å². The van der Waals surface area contributed by atoms with E-state index in [-0.39, 0.29) is 42.3 Å². The molecule has 1 aliphatic heterocycles. The van der Waals surface area contributed by atoms with Gasteiger partial charge in [-0.25, -0.2) is 0 Å². The summed E-state index contributed by atoms with van der Waals surface area (Å²) in [4.78, 5) is 43.5. The Morgan fingerprint density at radius 1 is 1.05 bits per heavy atom. The third-order valence-corrected chi connectivity index (χ3v) is 9.09. The van der Waals surface area contributed by atoms with Crippen molar-refractivity contribution in [2.45, 2.75) is 92.0 Å². The van der Waals surface area contributed by atoms with Gasteiger partial charge in [0.05, 0.1) is 22.0 Å². The van der Waals surface area contributed by atoms with E-state index in [0.717, 1.165) is 5.57 Å². The molecular weight excluding hydrogens is 492 g/mol. The van der Waals surface area contributed by atoms with Gasteiger partial charge in [-0.05, 0) is 65.7 Å². The normalized spacial score (nSPS) is 30.3. The molecule has 0 radical (unpaired) electrons. The molecule has 39 heavy (non-hydrogen) atoms. The number of fused-ring (bicyclic) bond motifs is 1. The van der Waals surface area contributed by atoms with E-state index in [1.165, 1.54) is 0 Å². The molecule has 3 aliphatic rings. The second-order valence-electron chi connectivity index (χ2n) is 13.5. The van der Waals surface area contributed by atoms with E-state index < -0.39 is 45.1 Å². The van der Waals surface area contributed by atoms with Crippen LogP contribution in [0.1, 0.15) is 85.0 Å². The molecule has 0 amide bonds. The Balaban J connectivity index is 2.08. The highest BCUT2D eigenvalue weighted by atomic mass is 16.5. The number of Topliss-reactive ketones (excluding diaryl/α,β-unsaturated/α-hetero) is 3. The quantitative estimate of drug-likeness (QED) is 0.206. The SMILES string of the molecule is CC(C)=CCC12CC(C=CC(C)(C)O)C(C)(C)C3(CC(C(C)(C)O)OC3=C(C(=O)c3ccccc3)C1=O)C2=O. The van der Waals surface area contributed by atoms with E-state index in [1.807, 2.05) is 39.8 Å². The first-order valence-corrected chi connectivity index (χ1v) is 13.8. The zero-order chi connectivity index (χ0) is 29.2. The fraction of sp³-hybridized carbons (Fsp3) is 0.545. The van der Waals surface area contributed by atoms with Gasteiger partial charge in [-0.15, -0.1) is 0 Å². The predicted octanol–water partition coefficient (Wildman–Crippen LogP) is 5.54. The summed E-state index contributed by atoms with van der Waals surface area (Å²) in [5.74, 6) is -1.41. The Kier molecular flexibility index (Phi) is 7.01. The molecule has 210 valence electrons. The average Bonchev–Trinajstić information content (AvgIpc) is 3.24. The van der Waals surface area contributed by atoms with Gasteiger partial charge < -0.3 is 14.9 Å². The van der Waals surface area contributed by atoms with Crippen molar-refractivity contribution in [3.63, 3.8) is 0 Å². The number of hydrogen-bond acceptors (Lipinski definition) is 6. The number of rotatable bonds is 7. The molecule has 1 aromatic carbocycles. The lowest BCUT2D eigenvalue weighted by molar-refractivity contribution is -0.163. The summed E-state index contributed by atoms with van der Waals surface area (Å²) in [5, 5.41) is 21.6. The van der Waals surface area contributed by atoms with Crippen molar-refractivity contribution < 1.29 is 29.3 Å². The van der Waals surface area contributed by atoms with Crippen LogP contribution in [-0.4, -0.2) is 44.9 Å². The first-order chi connectivity index (χ1) is 17.9. The number of allylic oxidation sites excluding steroid dienone is 5. The summed E-state index contributed by atoms with van der Waals surface area (Å²) >= 11 is 0. The number of ketones is 3. The van der Waals surface area contributed by atoms with Gasteiger partial charge >= 0.3 is 0 Å². The van der Waals surface area contributed by atoms with Crippen LogP contribution >= 0.6 is 0 Å². The molecule has 2 N–H and O–H groups in total. The lowest BCUT2D eigenvalue weighted by Crippen LogP contribution is -2.65. The molecule has 1 aromatic rings. The monoisotopic (exact) mass is 534 g/mol. The number of ether oxygens (including phenoxy) is 1. The third kappa shape index (κ3) is 4.55. The van der Waals surface area contributed by atoms with Gasteiger partial charge in [0.2, 0.25) is 0 Å². The molecule has 1 saturated carbocycles. The highest BCUT2D eigenvalue weighted by Crippen LogP contribution is 2.70. The van der Waals surface area contributed by atoms with Gasteiger partial charge in [0.1, 0.15) is 17.4 Å². The molecule has 2 aliphatic carbocycles. The summed E-state index contributed by atoms with van der Waals surface area (Å²) in [5.41, 5.74) is -4.74. The summed E-state index contributed by atoms with van der Waals surface area (Å²) in [6, 6.07) is 8.60. The lowest BCUT2D eigenvalue weighted by atomic mass is 9.40. The highest BCUT2D eigenvalue weighted by molar-refractivity contribution is 6.35. The predicted molar refractivity (Wildman–Crippen MR) is 150 cm³/mol. The molecular formula is C33H42O6. The first kappa shape index (κ1) is 29.2. The van der Waals surface area contributed by atoms with Crippen LogP contribution in [0.4, 0.5) is 0 Å². The van der Waals surface area contributed by atoms with Crippen LogP contribution in [-0.2, 0) is 14.3 Å². The fourth-order valence-corrected chi connectivity index (χ4v) is 6.60. The number of benzene rings is 1. The van der Waals surface area contributed by atoms with Crippen molar-refractivity contribution in [1.29, 1.82) is 0 Å². The van der Waals surface area contributed by atoms with Crippen molar-refractivity contribution in [3.05, 3.63) is 71.0 Å². The topological polar surface area (TPSA) is 101 Å². The van der Waals surface area contributed by atoms with Crippen LogP contribution in [0.25, 0.3) is 0 Å². The number of aliphatic hydroxyl groups is 2. The van der Waals surface area contributed by atoms with E-state index >= 15 is 0 Å². The van der Waals surface area contributed by atoms with E-state index in [0.29, 0.717) is 5.56 Å². The third-order valence-electron chi connectivity index (χ3n) is 9.09. The molecule has 6 nitrogen and oxygen atoms in total. The largest absolute Gasteiger partial charge is 0.490 e. The van der Waals surface area contributed by atoms with Gasteiger partial charge in [-0.2, -0.15) is 0 Å². The Labute approximate surface area is 231 Å². The maximum Gasteiger partial charge on any atom is 0.200 e. The van der Waals surface area contributed by atoms with Crippen molar-refractivity contribution in [1.82, 2.24) is 0 Å². The summed E-state index contributed by atoms with van der Waals surface area (Å²) < 4.78 is 6.38. The second kappa shape index (κ2) is 9.38. The van der Waals surface area contributed by atoms with Crippen LogP contribution in [0, 0.1) is 22.2 Å². The Bertz CT molecular complexity index is 1280. The minimum absolute atomic E-state index is 0.0762. The van der Waals surface area contributed by atoms with Gasteiger partial charge in [0, 0.05) is 12.0 Å². The van der Waals surface area contributed by atoms with Gasteiger partial charge in [0.25, 0.3) is 0 Å². The number of hydrogen-bond donors (Lipinski definition) is 2. The van der Waals surface area contributed by atoms with Gasteiger partial charge in [-0.3, -0.25) is 14.4 Å². The van der Waals surface area contributed by atoms with Crippen molar-refractivity contribution in [2.75, 3.05) is 0 Å². The molecule has 2 bridgehead atoms. The van der Waals surface area contributed by atoms with Gasteiger partial charge in [0.15, 0.2) is 17.3 Å². The number of carbonyl (C=O) groups is 3. The second-order valence-corrected chi connectivity index (χ2v) is 13.5. The highest BCUT2D eigenvalue weighted by Gasteiger charge is 2.75. The summed E-state index contributed by atoms with van der Waals surface area (Å²) in [6.45, 7) is 14.4. The zero-order valence-electron chi connectivity index (χ0n) is 24.4. The molecule has 4 rings (SSSR count). The average molecular weight is 535 g/mol. The summed E-state index contributed by atoms with van der Waals surface area (Å²) in [6.07, 6.45) is 5.27. The molecule has 1 spiro atoms. The Hall–Kier alpha value is -2.83. The van der Waals surface area contributed by atoms with Crippen LogP contribution in [0.5, 0.6) is 0 Å². The standard InChI is InChI=1S/C33H42O6/c1-20(2)14-17-32-18-22(15-16-29(3,4)37)30(5,6)33(28(32)36)19-23(31(7,8)38)39-27(33)24(26(32)35)25(34)21-12-10-9-11-13-21/h9-16,22-23,37-38H,17-19H2,1-8H3. The van der Waals surface area contributed by atoms with Gasteiger partial charge in [-0.1, -0.05) is 68.0 Å². The Morgan fingerprint density at radius 2 is 1.67 bits per heavy atom. The van der Waals surface area contributed by atoms with E-state index in [9.17, 15) is 24.6 Å². The lowest BCUT2D eigenvalue weighted by Gasteiger charge is -2.58. The molecule has 0 aromatic heterocycles. The Morgan fingerprint density at radius 3 is 2.21 bits per heavy atom. The summed E-state index contributed by atoms with van der Waals surface area (Å²) in [7, 11) is 0. The van der Waals surface area contributed by atoms with Crippen LogP contribution < -0.4 is 0 Å². The van der Waals surface area contributed by atoms with Crippen molar-refractivity contribution >= 4 is 17.3 Å². The van der Waals surface area contributed by atoms with E-state index in [1.54, 1.807) is 64.1 Å².